The minimum absolute atomic E-state index is 0.0256. The zero-order valence-corrected chi connectivity index (χ0v) is 14.1. The highest BCUT2D eigenvalue weighted by molar-refractivity contribution is 7.89. The largest absolute Gasteiger partial charge is 0.241 e. The fourth-order valence-corrected chi connectivity index (χ4v) is 3.46. The third-order valence-corrected chi connectivity index (χ3v) is 5.17. The van der Waals surface area contributed by atoms with Gasteiger partial charge in [0, 0.05) is 6.54 Å². The molecule has 0 amide bonds. The molecule has 0 spiro atoms. The van der Waals surface area contributed by atoms with Crippen LogP contribution in [0.2, 0.25) is 0 Å². The molecule has 0 aromatic heterocycles. The summed E-state index contributed by atoms with van der Waals surface area (Å²) in [7, 11) is -3.67. The normalized spacial score (nSPS) is 11.4. The first-order valence-electron chi connectivity index (χ1n) is 7.51. The molecule has 0 fully saturated rings. The van der Waals surface area contributed by atoms with Gasteiger partial charge >= 0.3 is 0 Å². The summed E-state index contributed by atoms with van der Waals surface area (Å²) in [4.78, 5) is 0.0256. The summed E-state index contributed by atoms with van der Waals surface area (Å²) in [6.07, 6.45) is 0.603. The van der Waals surface area contributed by atoms with Gasteiger partial charge in [-0.2, -0.15) is 5.26 Å². The topological polar surface area (TPSA) is 70.0 Å². The van der Waals surface area contributed by atoms with E-state index in [2.05, 4.69) is 30.7 Å². The molecular weight excluding hydrogens is 308 g/mol. The SMILES string of the molecule is CC(C)c1ccc(CCNS(=O)(=O)c2ccccc2C#N)cc1. The molecule has 0 radical (unpaired) electrons. The molecule has 0 unspecified atom stereocenters. The van der Waals surface area contributed by atoms with E-state index in [4.69, 9.17) is 5.26 Å². The number of nitrogens with one attached hydrogen (secondary N) is 1. The van der Waals surface area contributed by atoms with Gasteiger partial charge in [-0.05, 0) is 35.6 Å². The highest BCUT2D eigenvalue weighted by Gasteiger charge is 2.17. The number of nitriles is 1. The second kappa shape index (κ2) is 7.40. The Bertz CT molecular complexity index is 804. The van der Waals surface area contributed by atoms with E-state index in [0.717, 1.165) is 5.56 Å². The average molecular weight is 328 g/mol. The van der Waals surface area contributed by atoms with Crippen LogP contribution in [0.15, 0.2) is 53.4 Å². The Balaban J connectivity index is 2.01. The van der Waals surface area contributed by atoms with Gasteiger partial charge in [-0.15, -0.1) is 0 Å². The summed E-state index contributed by atoms with van der Waals surface area (Å²) in [5.74, 6) is 0.477. The second-order valence-electron chi connectivity index (χ2n) is 5.65. The molecule has 23 heavy (non-hydrogen) atoms. The number of nitrogens with zero attached hydrogens (tertiary/aromatic N) is 1. The number of rotatable bonds is 6. The fraction of sp³-hybridized carbons (Fsp3) is 0.278. The van der Waals surface area contributed by atoms with Crippen LogP contribution in [0.3, 0.4) is 0 Å². The van der Waals surface area contributed by atoms with Crippen LogP contribution in [0.1, 0.15) is 36.5 Å². The van der Waals surface area contributed by atoms with Crippen molar-refractivity contribution in [2.45, 2.75) is 31.1 Å². The van der Waals surface area contributed by atoms with Crippen LogP contribution in [0.5, 0.6) is 0 Å². The lowest BCUT2D eigenvalue weighted by molar-refractivity contribution is 0.581. The summed E-state index contributed by atoms with van der Waals surface area (Å²) in [6, 6.07) is 16.3. The van der Waals surface area contributed by atoms with Crippen molar-refractivity contribution in [1.29, 1.82) is 5.26 Å². The first-order chi connectivity index (χ1) is 10.9. The molecule has 4 nitrogen and oxygen atoms in total. The maximum absolute atomic E-state index is 12.3. The quantitative estimate of drug-likeness (QED) is 0.885. The summed E-state index contributed by atoms with van der Waals surface area (Å²) < 4.78 is 27.1. The Morgan fingerprint density at radius 3 is 2.35 bits per heavy atom. The second-order valence-corrected chi connectivity index (χ2v) is 7.39. The van der Waals surface area contributed by atoms with Crippen molar-refractivity contribution < 1.29 is 8.42 Å². The smallest absolute Gasteiger partial charge is 0.211 e. The fourth-order valence-electron chi connectivity index (χ4n) is 2.27. The van der Waals surface area contributed by atoms with Gasteiger partial charge < -0.3 is 0 Å². The molecular formula is C18H20N2O2S. The van der Waals surface area contributed by atoms with Crippen molar-refractivity contribution >= 4 is 10.0 Å². The molecule has 2 rings (SSSR count). The van der Waals surface area contributed by atoms with Gasteiger partial charge in [0.1, 0.15) is 6.07 Å². The van der Waals surface area contributed by atoms with E-state index in [1.807, 2.05) is 18.2 Å². The third kappa shape index (κ3) is 4.41. The van der Waals surface area contributed by atoms with Crippen molar-refractivity contribution in [3.05, 3.63) is 65.2 Å². The summed E-state index contributed by atoms with van der Waals surface area (Å²) in [5.41, 5.74) is 2.49. The molecule has 1 N–H and O–H groups in total. The van der Waals surface area contributed by atoms with E-state index < -0.39 is 10.0 Å². The van der Waals surface area contributed by atoms with Crippen LogP contribution >= 0.6 is 0 Å². The molecule has 0 heterocycles. The lowest BCUT2D eigenvalue weighted by Crippen LogP contribution is -2.26. The molecule has 2 aromatic rings. The number of hydrogen-bond donors (Lipinski definition) is 1. The number of benzene rings is 2. The Morgan fingerprint density at radius 1 is 1.09 bits per heavy atom. The monoisotopic (exact) mass is 328 g/mol. The molecule has 0 aliphatic heterocycles. The van der Waals surface area contributed by atoms with Crippen LogP contribution in [0, 0.1) is 11.3 Å². The maximum Gasteiger partial charge on any atom is 0.241 e. The van der Waals surface area contributed by atoms with Crippen molar-refractivity contribution in [3.63, 3.8) is 0 Å². The van der Waals surface area contributed by atoms with E-state index in [0.29, 0.717) is 18.9 Å². The standard InChI is InChI=1S/C18H20N2O2S/c1-14(2)16-9-7-15(8-10-16)11-12-20-23(21,22)18-6-4-3-5-17(18)13-19/h3-10,14,20H,11-12H2,1-2H3. The van der Waals surface area contributed by atoms with Crippen LogP contribution < -0.4 is 4.72 Å². The van der Waals surface area contributed by atoms with Gasteiger partial charge in [0.05, 0.1) is 10.5 Å². The Morgan fingerprint density at radius 2 is 1.74 bits per heavy atom. The predicted molar refractivity (Wildman–Crippen MR) is 90.6 cm³/mol. The van der Waals surface area contributed by atoms with Gasteiger partial charge in [-0.3, -0.25) is 0 Å². The van der Waals surface area contributed by atoms with Gasteiger partial charge in [-0.25, -0.2) is 13.1 Å². The Hall–Kier alpha value is -2.16. The minimum Gasteiger partial charge on any atom is -0.211 e. The first kappa shape index (κ1) is 17.2. The molecule has 120 valence electrons. The van der Waals surface area contributed by atoms with E-state index in [1.54, 1.807) is 12.1 Å². The first-order valence-corrected chi connectivity index (χ1v) is 9.00. The van der Waals surface area contributed by atoms with Crippen molar-refractivity contribution in [2.24, 2.45) is 0 Å². The minimum atomic E-state index is -3.67. The van der Waals surface area contributed by atoms with E-state index >= 15 is 0 Å². The van der Waals surface area contributed by atoms with E-state index in [-0.39, 0.29) is 10.5 Å². The molecule has 0 aliphatic carbocycles. The van der Waals surface area contributed by atoms with Crippen molar-refractivity contribution in [2.75, 3.05) is 6.54 Å². The van der Waals surface area contributed by atoms with E-state index in [1.165, 1.54) is 17.7 Å². The van der Waals surface area contributed by atoms with Crippen molar-refractivity contribution in [1.82, 2.24) is 4.72 Å². The summed E-state index contributed by atoms with van der Waals surface area (Å²) >= 11 is 0. The summed E-state index contributed by atoms with van der Waals surface area (Å²) in [6.45, 7) is 4.56. The lowest BCUT2D eigenvalue weighted by atomic mass is 10.0. The Kier molecular flexibility index (Phi) is 5.54. The molecule has 5 heteroatoms. The number of hydrogen-bond acceptors (Lipinski definition) is 3. The average Bonchev–Trinajstić information content (AvgIpc) is 2.55. The highest BCUT2D eigenvalue weighted by atomic mass is 32.2. The molecule has 0 aliphatic rings. The van der Waals surface area contributed by atoms with Gasteiger partial charge in [0.2, 0.25) is 10.0 Å². The zero-order chi connectivity index (χ0) is 16.9. The lowest BCUT2D eigenvalue weighted by Gasteiger charge is -2.09. The zero-order valence-electron chi connectivity index (χ0n) is 13.3. The molecule has 0 saturated heterocycles. The van der Waals surface area contributed by atoms with E-state index in [9.17, 15) is 8.42 Å². The van der Waals surface area contributed by atoms with Gasteiger partial charge in [0.15, 0.2) is 0 Å². The number of sulfonamides is 1. The van der Waals surface area contributed by atoms with Crippen LogP contribution in [-0.4, -0.2) is 15.0 Å². The van der Waals surface area contributed by atoms with Crippen LogP contribution in [-0.2, 0) is 16.4 Å². The van der Waals surface area contributed by atoms with Crippen LogP contribution in [0.4, 0.5) is 0 Å². The summed E-state index contributed by atoms with van der Waals surface area (Å²) in [5, 5.41) is 9.01. The molecule has 2 aromatic carbocycles. The Labute approximate surface area is 137 Å². The van der Waals surface area contributed by atoms with Gasteiger partial charge in [-0.1, -0.05) is 50.2 Å². The molecule has 0 bridgehead atoms. The highest BCUT2D eigenvalue weighted by Crippen LogP contribution is 2.16. The predicted octanol–water partition coefficient (Wildman–Crippen LogP) is 3.20. The molecule has 0 saturated carbocycles. The van der Waals surface area contributed by atoms with Gasteiger partial charge in [0.25, 0.3) is 0 Å². The maximum atomic E-state index is 12.3. The van der Waals surface area contributed by atoms with Crippen LogP contribution in [0.25, 0.3) is 0 Å². The third-order valence-electron chi connectivity index (χ3n) is 3.65. The molecule has 0 atom stereocenters. The van der Waals surface area contributed by atoms with Crippen molar-refractivity contribution in [3.8, 4) is 6.07 Å².